The highest BCUT2D eigenvalue weighted by Gasteiger charge is 2.09. The SMILES string of the molecule is CCCCCCCCNC(=O)OCC(CC)CCCC. The average Bonchev–Trinajstić information content (AvgIpc) is 2.46. The predicted octanol–water partition coefficient (Wildman–Crippen LogP) is 5.29. The van der Waals surface area contributed by atoms with Gasteiger partial charge in [0, 0.05) is 6.54 Å². The molecule has 0 heterocycles. The van der Waals surface area contributed by atoms with E-state index in [2.05, 4.69) is 26.1 Å². The minimum Gasteiger partial charge on any atom is -0.449 e. The maximum absolute atomic E-state index is 11.5. The summed E-state index contributed by atoms with van der Waals surface area (Å²) in [5.41, 5.74) is 0. The highest BCUT2D eigenvalue weighted by Crippen LogP contribution is 2.12. The van der Waals surface area contributed by atoms with Crippen LogP contribution in [0.5, 0.6) is 0 Å². The van der Waals surface area contributed by atoms with Crippen molar-refractivity contribution in [3.8, 4) is 0 Å². The first-order valence-electron chi connectivity index (χ1n) is 8.65. The molecule has 1 N–H and O–H groups in total. The van der Waals surface area contributed by atoms with Crippen LogP contribution in [0.25, 0.3) is 0 Å². The van der Waals surface area contributed by atoms with Crippen LogP contribution in [0.1, 0.15) is 85.0 Å². The number of hydrogen-bond acceptors (Lipinski definition) is 2. The molecule has 0 fully saturated rings. The second-order valence-electron chi connectivity index (χ2n) is 5.71. The molecule has 0 saturated carbocycles. The summed E-state index contributed by atoms with van der Waals surface area (Å²) in [6.45, 7) is 7.90. The van der Waals surface area contributed by atoms with E-state index in [-0.39, 0.29) is 6.09 Å². The zero-order chi connectivity index (χ0) is 15.1. The Kier molecular flexibility index (Phi) is 14.1. The van der Waals surface area contributed by atoms with E-state index in [1.807, 2.05) is 0 Å². The van der Waals surface area contributed by atoms with Gasteiger partial charge in [0.25, 0.3) is 0 Å². The van der Waals surface area contributed by atoms with E-state index in [4.69, 9.17) is 4.74 Å². The Labute approximate surface area is 125 Å². The fourth-order valence-corrected chi connectivity index (χ4v) is 2.24. The van der Waals surface area contributed by atoms with Gasteiger partial charge >= 0.3 is 6.09 Å². The summed E-state index contributed by atoms with van der Waals surface area (Å²) in [6.07, 6.45) is 11.9. The summed E-state index contributed by atoms with van der Waals surface area (Å²) in [7, 11) is 0. The maximum atomic E-state index is 11.5. The van der Waals surface area contributed by atoms with Crippen molar-refractivity contribution in [3.05, 3.63) is 0 Å². The Bertz CT molecular complexity index is 219. The van der Waals surface area contributed by atoms with Crippen molar-refractivity contribution in [1.29, 1.82) is 0 Å². The minimum absolute atomic E-state index is 0.242. The molecule has 20 heavy (non-hydrogen) atoms. The molecular weight excluding hydrogens is 250 g/mol. The molecule has 120 valence electrons. The predicted molar refractivity (Wildman–Crippen MR) is 86.0 cm³/mol. The van der Waals surface area contributed by atoms with Crippen LogP contribution in [-0.4, -0.2) is 19.2 Å². The molecule has 0 aliphatic rings. The zero-order valence-electron chi connectivity index (χ0n) is 13.9. The minimum atomic E-state index is -0.242. The number of rotatable bonds is 13. The average molecular weight is 285 g/mol. The van der Waals surface area contributed by atoms with E-state index >= 15 is 0 Å². The van der Waals surface area contributed by atoms with Gasteiger partial charge in [-0.25, -0.2) is 4.79 Å². The van der Waals surface area contributed by atoms with Crippen LogP contribution in [0.3, 0.4) is 0 Å². The van der Waals surface area contributed by atoms with Gasteiger partial charge in [-0.15, -0.1) is 0 Å². The van der Waals surface area contributed by atoms with Crippen LogP contribution in [0.4, 0.5) is 4.79 Å². The molecule has 1 atom stereocenters. The Balaban J connectivity index is 3.43. The van der Waals surface area contributed by atoms with E-state index < -0.39 is 0 Å². The molecule has 0 rings (SSSR count). The van der Waals surface area contributed by atoms with Crippen molar-refractivity contribution in [2.75, 3.05) is 13.2 Å². The summed E-state index contributed by atoms with van der Waals surface area (Å²) in [6, 6.07) is 0. The quantitative estimate of drug-likeness (QED) is 0.467. The number of hydrogen-bond donors (Lipinski definition) is 1. The summed E-state index contributed by atoms with van der Waals surface area (Å²) in [4.78, 5) is 11.5. The number of carbonyl (C=O) groups is 1. The first-order valence-corrected chi connectivity index (χ1v) is 8.65. The summed E-state index contributed by atoms with van der Waals surface area (Å²) in [5, 5.41) is 2.85. The van der Waals surface area contributed by atoms with Gasteiger partial charge in [0.2, 0.25) is 0 Å². The van der Waals surface area contributed by atoms with E-state index in [1.54, 1.807) is 0 Å². The lowest BCUT2D eigenvalue weighted by Gasteiger charge is -2.14. The van der Waals surface area contributed by atoms with Gasteiger partial charge in [0.05, 0.1) is 6.61 Å². The van der Waals surface area contributed by atoms with Crippen molar-refractivity contribution in [2.24, 2.45) is 5.92 Å². The highest BCUT2D eigenvalue weighted by molar-refractivity contribution is 5.66. The second kappa shape index (κ2) is 14.7. The largest absolute Gasteiger partial charge is 0.449 e. The van der Waals surface area contributed by atoms with Gasteiger partial charge < -0.3 is 10.1 Å². The Hall–Kier alpha value is -0.730. The summed E-state index contributed by atoms with van der Waals surface area (Å²) in [5.74, 6) is 0.523. The fourth-order valence-electron chi connectivity index (χ4n) is 2.24. The Morgan fingerprint density at radius 1 is 0.950 bits per heavy atom. The van der Waals surface area contributed by atoms with E-state index in [0.29, 0.717) is 12.5 Å². The molecule has 0 radical (unpaired) electrons. The maximum Gasteiger partial charge on any atom is 0.407 e. The van der Waals surface area contributed by atoms with Crippen molar-refractivity contribution in [2.45, 2.75) is 85.0 Å². The van der Waals surface area contributed by atoms with Crippen LogP contribution in [-0.2, 0) is 4.74 Å². The standard InChI is InChI=1S/C17H35NO2/c1-4-7-9-10-11-12-14-18-17(19)20-15-16(6-3)13-8-5-2/h16H,4-15H2,1-3H3,(H,18,19). The molecule has 0 saturated heterocycles. The van der Waals surface area contributed by atoms with Crippen molar-refractivity contribution < 1.29 is 9.53 Å². The summed E-state index contributed by atoms with van der Waals surface area (Å²) < 4.78 is 5.29. The van der Waals surface area contributed by atoms with Gasteiger partial charge in [-0.3, -0.25) is 0 Å². The lowest BCUT2D eigenvalue weighted by Crippen LogP contribution is -2.27. The van der Waals surface area contributed by atoms with Crippen molar-refractivity contribution >= 4 is 6.09 Å². The number of alkyl carbamates (subject to hydrolysis) is 1. The van der Waals surface area contributed by atoms with Crippen LogP contribution in [0.2, 0.25) is 0 Å². The molecule has 1 unspecified atom stereocenters. The van der Waals surface area contributed by atoms with E-state index in [1.165, 1.54) is 44.9 Å². The smallest absolute Gasteiger partial charge is 0.407 e. The second-order valence-corrected chi connectivity index (χ2v) is 5.71. The molecule has 0 aliphatic carbocycles. The van der Waals surface area contributed by atoms with Gasteiger partial charge in [-0.2, -0.15) is 0 Å². The van der Waals surface area contributed by atoms with Crippen LogP contribution < -0.4 is 5.32 Å². The molecule has 3 nitrogen and oxygen atoms in total. The van der Waals surface area contributed by atoms with Crippen molar-refractivity contribution in [1.82, 2.24) is 5.32 Å². The first kappa shape index (κ1) is 19.3. The molecular formula is C17H35NO2. The van der Waals surface area contributed by atoms with Gasteiger partial charge in [-0.1, -0.05) is 72.1 Å². The molecule has 0 aromatic carbocycles. The molecule has 3 heteroatoms. The number of ether oxygens (including phenoxy) is 1. The monoisotopic (exact) mass is 285 g/mol. The third-order valence-corrected chi connectivity index (χ3v) is 3.79. The number of nitrogens with one attached hydrogen (secondary N) is 1. The van der Waals surface area contributed by atoms with Gasteiger partial charge in [0.15, 0.2) is 0 Å². The number of carbonyl (C=O) groups excluding carboxylic acids is 1. The molecule has 0 aromatic heterocycles. The summed E-state index contributed by atoms with van der Waals surface area (Å²) >= 11 is 0. The molecule has 0 aromatic rings. The van der Waals surface area contributed by atoms with Gasteiger partial charge in [0.1, 0.15) is 0 Å². The molecule has 0 aliphatic heterocycles. The lowest BCUT2D eigenvalue weighted by atomic mass is 10.0. The Morgan fingerprint density at radius 3 is 2.25 bits per heavy atom. The fraction of sp³-hybridized carbons (Fsp3) is 0.941. The van der Waals surface area contributed by atoms with Crippen LogP contribution in [0.15, 0.2) is 0 Å². The normalized spacial score (nSPS) is 12.2. The van der Waals surface area contributed by atoms with Crippen LogP contribution in [0, 0.1) is 5.92 Å². The molecule has 1 amide bonds. The third-order valence-electron chi connectivity index (χ3n) is 3.79. The number of amides is 1. The van der Waals surface area contributed by atoms with E-state index in [9.17, 15) is 4.79 Å². The first-order chi connectivity index (χ1) is 9.74. The van der Waals surface area contributed by atoms with Crippen molar-refractivity contribution in [3.63, 3.8) is 0 Å². The lowest BCUT2D eigenvalue weighted by molar-refractivity contribution is 0.122. The third kappa shape index (κ3) is 12.3. The molecule has 0 bridgehead atoms. The van der Waals surface area contributed by atoms with E-state index in [0.717, 1.165) is 25.8 Å². The van der Waals surface area contributed by atoms with Gasteiger partial charge in [-0.05, 0) is 18.8 Å². The highest BCUT2D eigenvalue weighted by atomic mass is 16.5. The Morgan fingerprint density at radius 2 is 1.60 bits per heavy atom. The van der Waals surface area contributed by atoms with Crippen LogP contribution >= 0.6 is 0 Å². The number of unbranched alkanes of at least 4 members (excludes halogenated alkanes) is 6. The zero-order valence-corrected chi connectivity index (χ0v) is 13.9. The molecule has 0 spiro atoms. The topological polar surface area (TPSA) is 38.3 Å².